The summed E-state index contributed by atoms with van der Waals surface area (Å²) in [5.41, 5.74) is 1.15. The molecule has 0 aromatic heterocycles. The highest BCUT2D eigenvalue weighted by Gasteiger charge is 1.98. The lowest BCUT2D eigenvalue weighted by molar-refractivity contribution is 0.684. The van der Waals surface area contributed by atoms with E-state index in [1.54, 1.807) is 12.3 Å². The zero-order valence-corrected chi connectivity index (χ0v) is 10.3. The lowest BCUT2D eigenvalue weighted by atomic mass is 10.2. The van der Waals surface area contributed by atoms with Crippen molar-refractivity contribution < 1.29 is 4.21 Å². The summed E-state index contributed by atoms with van der Waals surface area (Å²) in [5, 5.41) is 0. The number of nitrogens with zero attached hydrogens (tertiary/aromatic N) is 1. The molecule has 0 aliphatic carbocycles. The lowest BCUT2D eigenvalue weighted by Gasteiger charge is -1.95. The van der Waals surface area contributed by atoms with Gasteiger partial charge >= 0.3 is 0 Å². The number of benzene rings is 1. The summed E-state index contributed by atoms with van der Waals surface area (Å²) in [6.07, 6.45) is 8.96. The standard InChI is InChI=1S/C13H15NOS/c1-3-4-5-6-11-14-16(15)13-9-7-12(2)8-10-13/h3-11H,1-2H3/b4-3+,6-5+,14-11+/t16-/m1/s1. The zero-order valence-electron chi connectivity index (χ0n) is 9.46. The molecule has 1 rings (SSSR count). The highest BCUT2D eigenvalue weighted by atomic mass is 32.2. The normalized spacial score (nSPS) is 14.1. The number of allylic oxidation sites excluding steroid dienone is 4. The monoisotopic (exact) mass is 233 g/mol. The first-order valence-corrected chi connectivity index (χ1v) is 6.15. The Morgan fingerprint density at radius 3 is 2.44 bits per heavy atom. The van der Waals surface area contributed by atoms with Gasteiger partial charge in [-0.2, -0.15) is 4.40 Å². The van der Waals surface area contributed by atoms with Crippen LogP contribution in [0.4, 0.5) is 0 Å². The summed E-state index contributed by atoms with van der Waals surface area (Å²) < 4.78 is 15.6. The lowest BCUT2D eigenvalue weighted by Crippen LogP contribution is -1.86. The van der Waals surface area contributed by atoms with Crippen molar-refractivity contribution in [2.45, 2.75) is 18.7 Å². The molecule has 1 aromatic carbocycles. The Morgan fingerprint density at radius 2 is 1.81 bits per heavy atom. The van der Waals surface area contributed by atoms with Gasteiger partial charge in [0.1, 0.15) is 0 Å². The Morgan fingerprint density at radius 1 is 1.12 bits per heavy atom. The third-order valence-corrected chi connectivity index (χ3v) is 2.87. The van der Waals surface area contributed by atoms with Crippen molar-refractivity contribution >= 4 is 17.2 Å². The van der Waals surface area contributed by atoms with Gasteiger partial charge < -0.3 is 0 Å². The van der Waals surface area contributed by atoms with E-state index in [1.165, 1.54) is 0 Å². The topological polar surface area (TPSA) is 29.4 Å². The minimum atomic E-state index is -1.30. The van der Waals surface area contributed by atoms with Crippen LogP contribution in [-0.2, 0) is 11.0 Å². The molecule has 0 bridgehead atoms. The van der Waals surface area contributed by atoms with Gasteiger partial charge in [-0.25, -0.2) is 4.21 Å². The Labute approximate surface area is 99.0 Å². The van der Waals surface area contributed by atoms with Crippen LogP contribution < -0.4 is 0 Å². The Hall–Kier alpha value is -1.48. The number of hydrogen-bond donors (Lipinski definition) is 0. The second kappa shape index (κ2) is 6.90. The van der Waals surface area contributed by atoms with E-state index in [-0.39, 0.29) is 0 Å². The number of rotatable bonds is 4. The predicted octanol–water partition coefficient (Wildman–Crippen LogP) is 3.22. The fourth-order valence-electron chi connectivity index (χ4n) is 1.03. The molecule has 16 heavy (non-hydrogen) atoms. The molecular formula is C13H15NOS. The van der Waals surface area contributed by atoms with Gasteiger partial charge in [-0.1, -0.05) is 35.9 Å². The summed E-state index contributed by atoms with van der Waals surface area (Å²) >= 11 is 0. The molecule has 0 aliphatic heterocycles. The van der Waals surface area contributed by atoms with Crippen LogP contribution in [0.2, 0.25) is 0 Å². The molecule has 0 heterocycles. The molecule has 0 saturated carbocycles. The van der Waals surface area contributed by atoms with E-state index >= 15 is 0 Å². The van der Waals surface area contributed by atoms with Crippen LogP contribution in [0.15, 0.2) is 57.9 Å². The van der Waals surface area contributed by atoms with E-state index < -0.39 is 11.0 Å². The Bertz CT molecular complexity index is 430. The van der Waals surface area contributed by atoms with Crippen LogP contribution in [0, 0.1) is 6.92 Å². The minimum absolute atomic E-state index is 0.723. The molecule has 3 heteroatoms. The van der Waals surface area contributed by atoms with E-state index in [9.17, 15) is 4.21 Å². The molecule has 0 amide bonds. The van der Waals surface area contributed by atoms with Gasteiger partial charge in [-0.05, 0) is 32.1 Å². The zero-order chi connectivity index (χ0) is 11.8. The van der Waals surface area contributed by atoms with Crippen molar-refractivity contribution in [3.05, 3.63) is 54.1 Å². The molecule has 0 unspecified atom stereocenters. The van der Waals surface area contributed by atoms with Gasteiger partial charge in [-0.3, -0.25) is 0 Å². The van der Waals surface area contributed by atoms with Crippen LogP contribution in [0.25, 0.3) is 0 Å². The molecule has 0 saturated heterocycles. The number of hydrogen-bond acceptors (Lipinski definition) is 1. The van der Waals surface area contributed by atoms with Crippen LogP contribution in [-0.4, -0.2) is 10.4 Å². The van der Waals surface area contributed by atoms with Crippen molar-refractivity contribution in [1.82, 2.24) is 0 Å². The van der Waals surface area contributed by atoms with E-state index in [0.29, 0.717) is 0 Å². The fraction of sp³-hybridized carbons (Fsp3) is 0.154. The van der Waals surface area contributed by atoms with Crippen LogP contribution in [0.1, 0.15) is 12.5 Å². The van der Waals surface area contributed by atoms with E-state index in [0.717, 1.165) is 10.5 Å². The predicted molar refractivity (Wildman–Crippen MR) is 70.0 cm³/mol. The molecule has 2 nitrogen and oxygen atoms in total. The van der Waals surface area contributed by atoms with Gasteiger partial charge in [0.2, 0.25) is 0 Å². The van der Waals surface area contributed by atoms with Crippen LogP contribution in [0.5, 0.6) is 0 Å². The van der Waals surface area contributed by atoms with Crippen LogP contribution in [0.3, 0.4) is 0 Å². The second-order valence-electron chi connectivity index (χ2n) is 3.23. The fourth-order valence-corrected chi connectivity index (χ4v) is 1.70. The summed E-state index contributed by atoms with van der Waals surface area (Å²) in [4.78, 5) is 0.723. The maximum Gasteiger partial charge on any atom is 0.172 e. The molecule has 1 atom stereocenters. The largest absolute Gasteiger partial charge is 0.229 e. The SMILES string of the molecule is C/C=C/C=C/C=N/[S@](=O)c1ccc(C)cc1. The summed E-state index contributed by atoms with van der Waals surface area (Å²) in [5.74, 6) is 0. The summed E-state index contributed by atoms with van der Waals surface area (Å²) in [7, 11) is -1.30. The molecular weight excluding hydrogens is 218 g/mol. The maximum atomic E-state index is 11.6. The summed E-state index contributed by atoms with van der Waals surface area (Å²) in [6.45, 7) is 3.93. The van der Waals surface area contributed by atoms with E-state index in [4.69, 9.17) is 0 Å². The highest BCUT2D eigenvalue weighted by molar-refractivity contribution is 7.83. The van der Waals surface area contributed by atoms with Gasteiger partial charge in [0.25, 0.3) is 0 Å². The molecule has 1 aromatic rings. The quantitative estimate of drug-likeness (QED) is 0.580. The highest BCUT2D eigenvalue weighted by Crippen LogP contribution is 2.08. The van der Waals surface area contributed by atoms with Crippen molar-refractivity contribution in [2.75, 3.05) is 0 Å². The van der Waals surface area contributed by atoms with Crippen molar-refractivity contribution in [3.8, 4) is 0 Å². The smallest absolute Gasteiger partial charge is 0.172 e. The third-order valence-electron chi connectivity index (χ3n) is 1.88. The van der Waals surface area contributed by atoms with Gasteiger partial charge in [-0.15, -0.1) is 0 Å². The first-order valence-electron chi connectivity index (χ1n) is 5.04. The van der Waals surface area contributed by atoms with Gasteiger partial charge in [0, 0.05) is 6.21 Å². The maximum absolute atomic E-state index is 11.6. The second-order valence-corrected chi connectivity index (χ2v) is 4.41. The van der Waals surface area contributed by atoms with Crippen molar-refractivity contribution in [2.24, 2.45) is 4.40 Å². The third kappa shape index (κ3) is 4.36. The van der Waals surface area contributed by atoms with Gasteiger partial charge in [0.05, 0.1) is 4.90 Å². The average Bonchev–Trinajstić information content (AvgIpc) is 2.29. The Kier molecular flexibility index (Phi) is 5.43. The summed E-state index contributed by atoms with van der Waals surface area (Å²) in [6, 6.07) is 7.52. The Balaban J connectivity index is 2.62. The molecule has 0 radical (unpaired) electrons. The molecule has 0 N–H and O–H groups in total. The molecule has 0 fully saturated rings. The van der Waals surface area contributed by atoms with Crippen molar-refractivity contribution in [1.29, 1.82) is 0 Å². The van der Waals surface area contributed by atoms with E-state index in [2.05, 4.69) is 4.40 Å². The van der Waals surface area contributed by atoms with Gasteiger partial charge in [0.15, 0.2) is 11.0 Å². The molecule has 0 aliphatic rings. The average molecular weight is 233 g/mol. The van der Waals surface area contributed by atoms with Crippen molar-refractivity contribution in [3.63, 3.8) is 0 Å². The minimum Gasteiger partial charge on any atom is -0.229 e. The van der Waals surface area contributed by atoms with Crippen LogP contribution >= 0.6 is 0 Å². The first kappa shape index (κ1) is 12.6. The van der Waals surface area contributed by atoms with E-state index in [1.807, 2.05) is 56.3 Å². The molecule has 84 valence electrons. The number of aryl methyl sites for hydroxylation is 1. The first-order chi connectivity index (χ1) is 7.74. The molecule has 0 spiro atoms.